The number of halogens is 1. The fourth-order valence-corrected chi connectivity index (χ4v) is 5.29. The van der Waals surface area contributed by atoms with Crippen LogP contribution in [0.25, 0.3) is 11.3 Å². The molecule has 1 amide bonds. The highest BCUT2D eigenvalue weighted by atomic mass is 19.1. The van der Waals surface area contributed by atoms with E-state index in [4.69, 9.17) is 9.15 Å². The summed E-state index contributed by atoms with van der Waals surface area (Å²) in [6.07, 6.45) is 6.98. The zero-order valence-corrected chi connectivity index (χ0v) is 17.5. The van der Waals surface area contributed by atoms with Crippen LogP contribution >= 0.6 is 0 Å². The average Bonchev–Trinajstić information content (AvgIpc) is 3.55. The Morgan fingerprint density at radius 2 is 1.91 bits per heavy atom. The summed E-state index contributed by atoms with van der Waals surface area (Å²) in [6, 6.07) is 11.6. The molecule has 1 aromatic carbocycles. The van der Waals surface area contributed by atoms with Crippen molar-refractivity contribution in [3.63, 3.8) is 0 Å². The van der Waals surface area contributed by atoms with Gasteiger partial charge in [-0.25, -0.2) is 14.4 Å². The number of aromatic nitrogens is 2. The second-order valence-electron chi connectivity index (χ2n) is 8.67. The minimum absolute atomic E-state index is 0.0642. The lowest BCUT2D eigenvalue weighted by Crippen LogP contribution is -2.50. The van der Waals surface area contributed by atoms with Gasteiger partial charge in [-0.2, -0.15) is 0 Å². The minimum atomic E-state index is -0.814. The number of ether oxygens (including phenoxy) is 1. The summed E-state index contributed by atoms with van der Waals surface area (Å²) in [4.78, 5) is 25.7. The number of piperidine rings is 1. The Kier molecular flexibility index (Phi) is 4.50. The van der Waals surface area contributed by atoms with Gasteiger partial charge in [-0.05, 0) is 24.5 Å². The summed E-state index contributed by atoms with van der Waals surface area (Å²) >= 11 is 0. The van der Waals surface area contributed by atoms with E-state index in [-0.39, 0.29) is 18.2 Å². The van der Waals surface area contributed by atoms with E-state index in [1.54, 1.807) is 6.20 Å². The molecule has 1 spiro atoms. The highest BCUT2D eigenvalue weighted by molar-refractivity contribution is 5.88. The summed E-state index contributed by atoms with van der Waals surface area (Å²) in [7, 11) is 0. The number of hydrogen-bond acceptors (Lipinski definition) is 6. The molecule has 0 saturated carbocycles. The molecule has 0 N–H and O–H groups in total. The number of benzene rings is 1. The van der Waals surface area contributed by atoms with Crippen LogP contribution in [-0.4, -0.2) is 45.7 Å². The quantitative estimate of drug-likeness (QED) is 0.622. The number of fused-ring (bicyclic) bond motifs is 1. The minimum Gasteiger partial charge on any atom is -0.451 e. The Bertz CT molecular complexity index is 1130. The van der Waals surface area contributed by atoms with E-state index < -0.39 is 11.4 Å². The number of anilines is 1. The second kappa shape index (κ2) is 7.41. The molecule has 5 heterocycles. The zero-order chi connectivity index (χ0) is 21.7. The molecule has 7 nitrogen and oxygen atoms in total. The maximum atomic E-state index is 14.8. The Labute approximate surface area is 184 Å². The number of carbonyl (C=O) groups is 1. The van der Waals surface area contributed by atoms with Crippen LogP contribution in [0.5, 0.6) is 0 Å². The fraction of sp³-hybridized carbons (Fsp3) is 0.375. The Balaban J connectivity index is 1.18. The lowest BCUT2D eigenvalue weighted by molar-refractivity contribution is -0.140. The van der Waals surface area contributed by atoms with Crippen molar-refractivity contribution in [1.29, 1.82) is 0 Å². The highest BCUT2D eigenvalue weighted by Gasteiger charge is 2.58. The van der Waals surface area contributed by atoms with Gasteiger partial charge in [0.2, 0.25) is 0 Å². The van der Waals surface area contributed by atoms with E-state index in [1.165, 1.54) is 18.7 Å². The van der Waals surface area contributed by atoms with Crippen LogP contribution in [0.2, 0.25) is 0 Å². The van der Waals surface area contributed by atoms with Crippen LogP contribution in [-0.2, 0) is 9.53 Å². The van der Waals surface area contributed by atoms with Gasteiger partial charge < -0.3 is 19.0 Å². The van der Waals surface area contributed by atoms with Gasteiger partial charge >= 0.3 is 0 Å². The third kappa shape index (κ3) is 3.01. The van der Waals surface area contributed by atoms with Gasteiger partial charge in [0.25, 0.3) is 5.91 Å². The maximum Gasteiger partial charge on any atom is 0.257 e. The van der Waals surface area contributed by atoms with E-state index in [1.807, 2.05) is 28.0 Å². The standard InChI is InChI=1S/C24H23FN4O3/c25-18-12-17(19-14-31-15-27-19)13-26-22(18)28-10-8-24(9-11-28)23(30)29-20(6-7-21(29)32-24)16-4-2-1-3-5-16/h1-5,12-15,20-21H,6-11H2/t20-,21+/m0/s1. The van der Waals surface area contributed by atoms with Gasteiger partial charge in [0.05, 0.1) is 6.04 Å². The Morgan fingerprint density at radius 1 is 1.09 bits per heavy atom. The molecule has 0 aliphatic carbocycles. The molecular weight excluding hydrogens is 411 g/mol. The first kappa shape index (κ1) is 19.4. The van der Waals surface area contributed by atoms with E-state index in [2.05, 4.69) is 22.1 Å². The van der Waals surface area contributed by atoms with Crippen LogP contribution < -0.4 is 4.90 Å². The van der Waals surface area contributed by atoms with Gasteiger partial charge in [-0.3, -0.25) is 4.79 Å². The monoisotopic (exact) mass is 434 g/mol. The van der Waals surface area contributed by atoms with Gasteiger partial charge in [0.15, 0.2) is 23.6 Å². The van der Waals surface area contributed by atoms with Crippen molar-refractivity contribution in [1.82, 2.24) is 14.9 Å². The molecule has 3 fully saturated rings. The largest absolute Gasteiger partial charge is 0.451 e. The van der Waals surface area contributed by atoms with Gasteiger partial charge in [0, 0.05) is 37.7 Å². The molecule has 0 radical (unpaired) electrons. The smallest absolute Gasteiger partial charge is 0.257 e. The van der Waals surface area contributed by atoms with E-state index >= 15 is 0 Å². The molecule has 3 aliphatic heterocycles. The summed E-state index contributed by atoms with van der Waals surface area (Å²) in [5, 5.41) is 0. The molecule has 8 heteroatoms. The summed E-state index contributed by atoms with van der Waals surface area (Å²) < 4.78 is 26.2. The first-order valence-corrected chi connectivity index (χ1v) is 11.0. The van der Waals surface area contributed by atoms with Crippen LogP contribution in [0.4, 0.5) is 10.2 Å². The Hall–Kier alpha value is -3.26. The van der Waals surface area contributed by atoms with Crippen molar-refractivity contribution >= 4 is 11.7 Å². The lowest BCUT2D eigenvalue weighted by atomic mass is 9.89. The number of oxazole rings is 1. The number of rotatable bonds is 3. The summed E-state index contributed by atoms with van der Waals surface area (Å²) in [6.45, 7) is 1.02. The zero-order valence-electron chi connectivity index (χ0n) is 17.5. The Morgan fingerprint density at radius 3 is 2.62 bits per heavy atom. The topological polar surface area (TPSA) is 71.7 Å². The average molecular weight is 434 g/mol. The molecule has 32 heavy (non-hydrogen) atoms. The number of pyridine rings is 1. The third-order valence-electron chi connectivity index (χ3n) is 6.92. The molecule has 0 bridgehead atoms. The van der Waals surface area contributed by atoms with Crippen LogP contribution in [0, 0.1) is 5.82 Å². The lowest BCUT2D eigenvalue weighted by Gasteiger charge is -2.38. The van der Waals surface area contributed by atoms with Crippen LogP contribution in [0.15, 0.2) is 59.7 Å². The van der Waals surface area contributed by atoms with Gasteiger partial charge in [-0.15, -0.1) is 0 Å². The maximum absolute atomic E-state index is 14.8. The fourth-order valence-electron chi connectivity index (χ4n) is 5.29. The molecule has 164 valence electrons. The second-order valence-corrected chi connectivity index (χ2v) is 8.67. The van der Waals surface area contributed by atoms with Crippen LogP contribution in [0.3, 0.4) is 0 Å². The first-order chi connectivity index (χ1) is 15.6. The third-order valence-corrected chi connectivity index (χ3v) is 6.92. The highest BCUT2D eigenvalue weighted by Crippen LogP contribution is 2.47. The number of hydrogen-bond donors (Lipinski definition) is 0. The van der Waals surface area contributed by atoms with Crippen molar-refractivity contribution in [2.75, 3.05) is 18.0 Å². The van der Waals surface area contributed by atoms with E-state index in [0.717, 1.165) is 18.4 Å². The summed E-state index contributed by atoms with van der Waals surface area (Å²) in [5.74, 6) is -0.0478. The van der Waals surface area contributed by atoms with Crippen molar-refractivity contribution in [2.24, 2.45) is 0 Å². The summed E-state index contributed by atoms with van der Waals surface area (Å²) in [5.41, 5.74) is 1.44. The molecule has 3 aliphatic rings. The number of carbonyl (C=O) groups excluding carboxylic acids is 1. The number of amides is 1. The molecule has 3 saturated heterocycles. The molecule has 2 aromatic heterocycles. The van der Waals surface area contributed by atoms with Gasteiger partial charge in [-0.1, -0.05) is 30.3 Å². The normalized spacial score (nSPS) is 24.3. The number of nitrogens with zero attached hydrogens (tertiary/aromatic N) is 4. The predicted molar refractivity (Wildman–Crippen MR) is 114 cm³/mol. The molecule has 2 atom stereocenters. The molecule has 3 aromatic rings. The molecule has 0 unspecified atom stereocenters. The van der Waals surface area contributed by atoms with Crippen molar-refractivity contribution < 1.29 is 18.3 Å². The first-order valence-electron chi connectivity index (χ1n) is 11.0. The molecule has 6 rings (SSSR count). The molecular formula is C24H23FN4O3. The van der Waals surface area contributed by atoms with E-state index in [9.17, 15) is 9.18 Å². The van der Waals surface area contributed by atoms with Crippen molar-refractivity contribution in [3.8, 4) is 11.3 Å². The van der Waals surface area contributed by atoms with Crippen molar-refractivity contribution in [3.05, 3.63) is 66.6 Å². The van der Waals surface area contributed by atoms with E-state index in [0.29, 0.717) is 43.0 Å². The van der Waals surface area contributed by atoms with Crippen LogP contribution in [0.1, 0.15) is 37.3 Å². The predicted octanol–water partition coefficient (Wildman–Crippen LogP) is 3.93. The van der Waals surface area contributed by atoms with Crippen molar-refractivity contribution in [2.45, 2.75) is 43.6 Å². The van der Waals surface area contributed by atoms with Gasteiger partial charge in [0.1, 0.15) is 18.2 Å². The SMILES string of the molecule is O=C1N2[C@@H](CC[C@H]2c2ccccc2)OC12CCN(c1ncc(-c3cocn3)cc1F)CC2.